The molecule has 2 aliphatic heterocycles. The maximum absolute atomic E-state index is 13.7. The highest BCUT2D eigenvalue weighted by Crippen LogP contribution is 2.39. The van der Waals surface area contributed by atoms with Crippen molar-refractivity contribution in [3.63, 3.8) is 0 Å². The number of hydrogen-bond acceptors (Lipinski definition) is 4. The molecule has 0 N–H and O–H groups in total. The first-order valence-corrected chi connectivity index (χ1v) is 13.6. The van der Waals surface area contributed by atoms with Gasteiger partial charge in [-0.15, -0.1) is 0 Å². The fraction of sp³-hybridized carbons (Fsp3) is 0.500. The van der Waals surface area contributed by atoms with E-state index in [1.54, 1.807) is 12.1 Å². The van der Waals surface area contributed by atoms with Gasteiger partial charge in [0, 0.05) is 36.6 Å². The van der Waals surface area contributed by atoms with Crippen LogP contribution in [-0.2, 0) is 16.0 Å². The third kappa shape index (κ3) is 5.66. The normalized spacial score (nSPS) is 19.2. The van der Waals surface area contributed by atoms with Crippen molar-refractivity contribution in [3.05, 3.63) is 65.0 Å². The second-order valence-electron chi connectivity index (χ2n) is 10.3. The number of amides is 2. The van der Waals surface area contributed by atoms with E-state index in [-0.39, 0.29) is 23.7 Å². The molecular weight excluding hydrogens is 463 g/mol. The van der Waals surface area contributed by atoms with E-state index in [4.69, 9.17) is 4.74 Å². The van der Waals surface area contributed by atoms with Crippen LogP contribution >= 0.6 is 11.8 Å². The summed E-state index contributed by atoms with van der Waals surface area (Å²) in [6, 6.07) is 12.0. The van der Waals surface area contributed by atoms with Gasteiger partial charge in [0.2, 0.25) is 5.91 Å². The number of rotatable bonds is 5. The molecule has 2 amide bonds. The van der Waals surface area contributed by atoms with Gasteiger partial charge in [-0.25, -0.2) is 4.39 Å². The van der Waals surface area contributed by atoms with E-state index in [9.17, 15) is 14.0 Å². The number of fused-ring (bicyclic) bond motifs is 1. The Morgan fingerprint density at radius 2 is 1.77 bits per heavy atom. The molecule has 35 heavy (non-hydrogen) atoms. The lowest BCUT2D eigenvalue weighted by Crippen LogP contribution is -2.46. The Morgan fingerprint density at radius 1 is 1.09 bits per heavy atom. The number of ether oxygens (including phenoxy) is 1. The van der Waals surface area contributed by atoms with Gasteiger partial charge in [-0.2, -0.15) is 11.8 Å². The predicted molar refractivity (Wildman–Crippen MR) is 138 cm³/mol. The molecule has 0 radical (unpaired) electrons. The minimum Gasteiger partial charge on any atom is -0.481 e. The average Bonchev–Trinajstić information content (AvgIpc) is 2.86. The van der Waals surface area contributed by atoms with Crippen molar-refractivity contribution in [1.82, 2.24) is 9.80 Å². The molecule has 2 heterocycles. The van der Waals surface area contributed by atoms with Gasteiger partial charge in [-0.05, 0) is 53.8 Å². The quantitative estimate of drug-likeness (QED) is 0.577. The number of halogens is 1. The van der Waals surface area contributed by atoms with E-state index in [0.29, 0.717) is 18.7 Å². The largest absolute Gasteiger partial charge is 0.481 e. The van der Waals surface area contributed by atoms with E-state index < -0.39 is 11.5 Å². The van der Waals surface area contributed by atoms with E-state index in [1.807, 2.05) is 67.5 Å². The van der Waals surface area contributed by atoms with E-state index in [1.165, 1.54) is 12.1 Å². The molecule has 2 aromatic carbocycles. The Hall–Kier alpha value is -2.54. The highest BCUT2D eigenvalue weighted by Gasteiger charge is 2.37. The lowest BCUT2D eigenvalue weighted by atomic mass is 9.85. The monoisotopic (exact) mass is 498 g/mol. The summed E-state index contributed by atoms with van der Waals surface area (Å²) in [6.07, 6.45) is 0.767. The van der Waals surface area contributed by atoms with Crippen molar-refractivity contribution in [2.75, 3.05) is 31.1 Å². The van der Waals surface area contributed by atoms with Crippen LogP contribution in [-0.4, -0.2) is 58.9 Å². The van der Waals surface area contributed by atoms with Crippen molar-refractivity contribution in [2.45, 2.75) is 52.7 Å². The number of benzene rings is 2. The second-order valence-corrected chi connectivity index (χ2v) is 11.5. The Balaban J connectivity index is 1.67. The lowest BCUT2D eigenvalue weighted by molar-refractivity contribution is -0.141. The molecule has 0 saturated carbocycles. The van der Waals surface area contributed by atoms with Gasteiger partial charge in [-0.3, -0.25) is 9.59 Å². The molecule has 0 bridgehead atoms. The van der Waals surface area contributed by atoms with Crippen molar-refractivity contribution in [3.8, 4) is 5.75 Å². The molecular formula is C28H35FN2O3S. The van der Waals surface area contributed by atoms with Crippen molar-refractivity contribution >= 4 is 23.6 Å². The summed E-state index contributed by atoms with van der Waals surface area (Å²) in [6.45, 7) is 9.82. The molecule has 188 valence electrons. The van der Waals surface area contributed by atoms with Crippen LogP contribution in [0.1, 0.15) is 56.8 Å². The second kappa shape index (κ2) is 10.6. The third-order valence-electron chi connectivity index (χ3n) is 6.68. The number of thioether (sulfide) groups is 1. The van der Waals surface area contributed by atoms with Gasteiger partial charge in [0.15, 0.2) is 6.10 Å². The summed E-state index contributed by atoms with van der Waals surface area (Å²) in [4.78, 5) is 30.3. The molecule has 0 spiro atoms. The van der Waals surface area contributed by atoms with Crippen LogP contribution in [0.15, 0.2) is 42.5 Å². The van der Waals surface area contributed by atoms with E-state index >= 15 is 0 Å². The van der Waals surface area contributed by atoms with Gasteiger partial charge in [0.25, 0.3) is 5.91 Å². The maximum Gasteiger partial charge on any atom is 0.263 e. The van der Waals surface area contributed by atoms with Crippen molar-refractivity contribution < 1.29 is 18.7 Å². The zero-order valence-electron chi connectivity index (χ0n) is 21.1. The molecule has 2 atom stereocenters. The first-order valence-electron chi connectivity index (χ1n) is 12.4. The zero-order chi connectivity index (χ0) is 25.2. The Labute approximate surface area is 212 Å². The summed E-state index contributed by atoms with van der Waals surface area (Å²) in [5, 5.41) is 0. The van der Waals surface area contributed by atoms with Crippen molar-refractivity contribution in [1.29, 1.82) is 0 Å². The van der Waals surface area contributed by atoms with Gasteiger partial charge in [0.1, 0.15) is 11.6 Å². The van der Waals surface area contributed by atoms with Crippen LogP contribution in [0.25, 0.3) is 0 Å². The predicted octanol–water partition coefficient (Wildman–Crippen LogP) is 5.08. The van der Waals surface area contributed by atoms with E-state index in [0.717, 1.165) is 47.7 Å². The molecule has 5 nitrogen and oxygen atoms in total. The Bertz CT molecular complexity index is 1060. The average molecular weight is 499 g/mol. The first kappa shape index (κ1) is 25.5. The van der Waals surface area contributed by atoms with Gasteiger partial charge < -0.3 is 14.5 Å². The first-order chi connectivity index (χ1) is 16.7. The van der Waals surface area contributed by atoms with Crippen LogP contribution < -0.4 is 4.74 Å². The molecule has 1 fully saturated rings. The van der Waals surface area contributed by atoms with Crippen LogP contribution in [0.5, 0.6) is 5.75 Å². The van der Waals surface area contributed by atoms with Gasteiger partial charge >= 0.3 is 0 Å². The Kier molecular flexibility index (Phi) is 7.74. The highest BCUT2D eigenvalue weighted by atomic mass is 32.2. The molecule has 0 unspecified atom stereocenters. The number of carbonyl (C=O) groups is 2. The summed E-state index contributed by atoms with van der Waals surface area (Å²) >= 11 is 1.87. The highest BCUT2D eigenvalue weighted by molar-refractivity contribution is 7.99. The molecule has 2 aliphatic rings. The molecule has 0 aromatic heterocycles. The van der Waals surface area contributed by atoms with Gasteiger partial charge in [0.05, 0.1) is 6.04 Å². The van der Waals surface area contributed by atoms with Gasteiger partial charge in [-0.1, -0.05) is 45.9 Å². The fourth-order valence-electron chi connectivity index (χ4n) is 4.78. The van der Waals surface area contributed by atoms with Crippen LogP contribution in [0, 0.1) is 11.2 Å². The van der Waals surface area contributed by atoms with Crippen LogP contribution in [0.3, 0.4) is 0 Å². The topological polar surface area (TPSA) is 49.9 Å². The summed E-state index contributed by atoms with van der Waals surface area (Å²) in [5.74, 6) is 2.30. The molecule has 7 heteroatoms. The fourth-order valence-corrected chi connectivity index (χ4v) is 5.68. The Morgan fingerprint density at radius 3 is 2.40 bits per heavy atom. The van der Waals surface area contributed by atoms with Crippen LogP contribution in [0.2, 0.25) is 0 Å². The van der Waals surface area contributed by atoms with Crippen LogP contribution in [0.4, 0.5) is 4.39 Å². The minimum absolute atomic E-state index is 0.0325. The SMILES string of the molecule is CC[C@@H](Oc1ccc2c(c1)[C@H](c1ccc(F)cc1)N(C(=O)C(C)(C)C)CC2)C(=O)N1CCSCC1. The van der Waals surface area contributed by atoms with E-state index in [2.05, 4.69) is 0 Å². The zero-order valence-corrected chi connectivity index (χ0v) is 21.9. The summed E-state index contributed by atoms with van der Waals surface area (Å²) in [7, 11) is 0. The number of nitrogens with zero attached hydrogens (tertiary/aromatic N) is 2. The minimum atomic E-state index is -0.545. The number of carbonyl (C=O) groups excluding carboxylic acids is 2. The molecule has 1 saturated heterocycles. The standard InChI is InChI=1S/C28H35FN2O3S/c1-5-24(26(32)30-14-16-35-17-15-30)34-22-11-8-19-12-13-31(27(33)28(2,3)4)25(23(19)18-22)20-6-9-21(29)10-7-20/h6-11,18,24-25H,5,12-17H2,1-4H3/t24-,25+/m1/s1. The smallest absolute Gasteiger partial charge is 0.263 e. The maximum atomic E-state index is 13.7. The molecule has 4 rings (SSSR count). The summed E-state index contributed by atoms with van der Waals surface area (Å²) < 4.78 is 20.0. The van der Waals surface area contributed by atoms with Crippen molar-refractivity contribution in [2.24, 2.45) is 5.41 Å². The number of hydrogen-bond donors (Lipinski definition) is 0. The molecule has 0 aliphatic carbocycles. The lowest BCUT2D eigenvalue weighted by Gasteiger charge is -2.41. The summed E-state index contributed by atoms with van der Waals surface area (Å²) in [5.41, 5.74) is 2.42. The molecule has 2 aromatic rings. The third-order valence-corrected chi connectivity index (χ3v) is 7.62.